The molecule has 1 rings (SSSR count). The fraction of sp³-hybridized carbons (Fsp3) is 0.533. The van der Waals surface area contributed by atoms with Crippen molar-refractivity contribution < 1.29 is 13.2 Å². The summed E-state index contributed by atoms with van der Waals surface area (Å²) in [6.45, 7) is 1.22. The van der Waals surface area contributed by atoms with Crippen LogP contribution in [0.25, 0.3) is 0 Å². The van der Waals surface area contributed by atoms with Crippen LogP contribution in [0.1, 0.15) is 12.0 Å². The average molecular weight is 490 g/mol. The molecule has 2 N–H and O–H groups in total. The van der Waals surface area contributed by atoms with Crippen molar-refractivity contribution in [2.24, 2.45) is 4.99 Å². The van der Waals surface area contributed by atoms with Crippen LogP contribution in [0.4, 0.5) is 0 Å². The highest BCUT2D eigenvalue weighted by molar-refractivity contribution is 14.0. The molecule has 0 aliphatic rings. The Balaban J connectivity index is 0.00000529. The Bertz CT molecular complexity index is 639. The molecule has 9 heteroatoms. The van der Waals surface area contributed by atoms with E-state index in [9.17, 15) is 8.42 Å². The fourth-order valence-electron chi connectivity index (χ4n) is 1.94. The zero-order chi connectivity index (χ0) is 17.3. The predicted octanol–water partition coefficient (Wildman–Crippen LogP) is 2.11. The first-order valence-electron chi connectivity index (χ1n) is 7.30. The second-order valence-corrected chi connectivity index (χ2v) is 7.78. The molecular weight excluding hydrogens is 465 g/mol. The van der Waals surface area contributed by atoms with Crippen LogP contribution in [0, 0.1) is 0 Å². The molecule has 0 saturated heterocycles. The van der Waals surface area contributed by atoms with Gasteiger partial charge >= 0.3 is 0 Å². The number of aliphatic imine (C=N–C) groups is 1. The van der Waals surface area contributed by atoms with Gasteiger partial charge < -0.3 is 15.4 Å². The largest absolute Gasteiger partial charge is 0.497 e. The van der Waals surface area contributed by atoms with Gasteiger partial charge in [0.05, 0.1) is 12.9 Å². The molecule has 138 valence electrons. The first-order valence-corrected chi connectivity index (χ1v) is 9.74. The molecule has 0 spiro atoms. The van der Waals surface area contributed by atoms with Crippen LogP contribution in [0.3, 0.4) is 0 Å². The van der Waals surface area contributed by atoms with E-state index in [1.165, 1.54) is 6.26 Å². The normalized spacial score (nSPS) is 11.6. The summed E-state index contributed by atoms with van der Waals surface area (Å²) in [6, 6.07) is 5.60. The van der Waals surface area contributed by atoms with Gasteiger partial charge in [-0.25, -0.2) is 8.42 Å². The van der Waals surface area contributed by atoms with Crippen molar-refractivity contribution in [3.63, 3.8) is 0 Å². The third-order valence-corrected chi connectivity index (χ3v) is 4.54. The molecule has 0 radical (unpaired) electrons. The van der Waals surface area contributed by atoms with Crippen molar-refractivity contribution in [2.45, 2.75) is 12.8 Å². The van der Waals surface area contributed by atoms with Crippen LogP contribution >= 0.6 is 35.6 Å². The summed E-state index contributed by atoms with van der Waals surface area (Å²) in [7, 11) is 0.359. The lowest BCUT2D eigenvalue weighted by molar-refractivity contribution is 0.414. The molecule has 0 heterocycles. The number of hydrogen-bond donors (Lipinski definition) is 2. The molecular formula is C15H25ClIN3O3S. The van der Waals surface area contributed by atoms with E-state index in [0.29, 0.717) is 30.5 Å². The van der Waals surface area contributed by atoms with E-state index < -0.39 is 9.84 Å². The molecule has 24 heavy (non-hydrogen) atoms. The standard InChI is InChI=1S/C15H24ClN3O3S.HI/c1-17-15(18-8-4-10-23(3,20)21)19-9-7-12-5-6-13(22-2)11-14(12)16;/h5-6,11H,4,7-10H2,1-3H3,(H2,17,18,19);1H. The Labute approximate surface area is 166 Å². The van der Waals surface area contributed by atoms with Crippen LogP contribution in [-0.2, 0) is 16.3 Å². The van der Waals surface area contributed by atoms with E-state index in [4.69, 9.17) is 16.3 Å². The molecule has 0 amide bonds. The molecule has 1 aromatic rings. The summed E-state index contributed by atoms with van der Waals surface area (Å²) < 4.78 is 27.2. The fourth-order valence-corrected chi connectivity index (χ4v) is 2.87. The highest BCUT2D eigenvalue weighted by Crippen LogP contribution is 2.22. The number of benzene rings is 1. The minimum absolute atomic E-state index is 0. The van der Waals surface area contributed by atoms with Gasteiger partial charge in [0.15, 0.2) is 5.96 Å². The van der Waals surface area contributed by atoms with Gasteiger partial charge in [-0.2, -0.15) is 0 Å². The maximum atomic E-state index is 11.1. The molecule has 0 atom stereocenters. The minimum atomic E-state index is -2.92. The number of sulfone groups is 1. The SMILES string of the molecule is CN=C(NCCCS(C)(=O)=O)NCCc1ccc(OC)cc1Cl.I. The lowest BCUT2D eigenvalue weighted by Crippen LogP contribution is -2.39. The third kappa shape index (κ3) is 9.53. The minimum Gasteiger partial charge on any atom is -0.497 e. The van der Waals surface area contributed by atoms with Crippen LogP contribution in [0.2, 0.25) is 5.02 Å². The van der Waals surface area contributed by atoms with E-state index in [1.807, 2.05) is 12.1 Å². The topological polar surface area (TPSA) is 79.8 Å². The van der Waals surface area contributed by atoms with Crippen LogP contribution in [-0.4, -0.2) is 53.6 Å². The second-order valence-electron chi connectivity index (χ2n) is 5.12. The first kappa shape index (κ1) is 23.3. The molecule has 0 bridgehead atoms. The number of hydrogen-bond acceptors (Lipinski definition) is 4. The first-order chi connectivity index (χ1) is 10.9. The number of methoxy groups -OCH3 is 1. The second kappa shape index (κ2) is 11.8. The smallest absolute Gasteiger partial charge is 0.190 e. The number of nitrogens with one attached hydrogen (secondary N) is 2. The van der Waals surface area contributed by atoms with Gasteiger partial charge in [0.2, 0.25) is 0 Å². The predicted molar refractivity (Wildman–Crippen MR) is 111 cm³/mol. The number of nitrogens with zero attached hydrogens (tertiary/aromatic N) is 1. The van der Waals surface area contributed by atoms with Gasteiger partial charge in [-0.1, -0.05) is 17.7 Å². The Morgan fingerprint density at radius 2 is 1.96 bits per heavy atom. The molecule has 6 nitrogen and oxygen atoms in total. The lowest BCUT2D eigenvalue weighted by Gasteiger charge is -2.12. The van der Waals surface area contributed by atoms with Gasteiger partial charge in [0, 0.05) is 31.4 Å². The van der Waals surface area contributed by atoms with E-state index in [2.05, 4.69) is 15.6 Å². The van der Waals surface area contributed by atoms with Gasteiger partial charge in [-0.15, -0.1) is 24.0 Å². The number of guanidine groups is 1. The van der Waals surface area contributed by atoms with Gasteiger partial charge in [0.25, 0.3) is 0 Å². The summed E-state index contributed by atoms with van der Waals surface area (Å²) in [5, 5.41) is 6.92. The molecule has 0 saturated carbocycles. The van der Waals surface area contributed by atoms with E-state index >= 15 is 0 Å². The molecule has 0 unspecified atom stereocenters. The van der Waals surface area contributed by atoms with Crippen molar-refractivity contribution in [1.29, 1.82) is 0 Å². The zero-order valence-corrected chi connectivity index (χ0v) is 18.0. The monoisotopic (exact) mass is 489 g/mol. The number of halogens is 2. The number of rotatable bonds is 8. The molecule has 0 fully saturated rings. The van der Waals surface area contributed by atoms with Crippen molar-refractivity contribution in [3.8, 4) is 5.75 Å². The third-order valence-electron chi connectivity index (χ3n) is 3.15. The van der Waals surface area contributed by atoms with Crippen molar-refractivity contribution in [1.82, 2.24) is 10.6 Å². The lowest BCUT2D eigenvalue weighted by atomic mass is 10.1. The van der Waals surface area contributed by atoms with Crippen LogP contribution < -0.4 is 15.4 Å². The average Bonchev–Trinajstić information content (AvgIpc) is 2.50. The van der Waals surface area contributed by atoms with E-state index in [-0.39, 0.29) is 29.7 Å². The van der Waals surface area contributed by atoms with Gasteiger partial charge in [0.1, 0.15) is 15.6 Å². The summed E-state index contributed by atoms with van der Waals surface area (Å²) >= 11 is 6.19. The Kier molecular flexibility index (Phi) is 11.4. The maximum Gasteiger partial charge on any atom is 0.190 e. The van der Waals surface area contributed by atoms with Gasteiger partial charge in [-0.3, -0.25) is 4.99 Å². The maximum absolute atomic E-state index is 11.1. The van der Waals surface area contributed by atoms with E-state index in [1.54, 1.807) is 20.2 Å². The van der Waals surface area contributed by atoms with Gasteiger partial charge in [-0.05, 0) is 30.5 Å². The molecule has 1 aromatic carbocycles. The van der Waals surface area contributed by atoms with Crippen molar-refractivity contribution >= 4 is 51.4 Å². The van der Waals surface area contributed by atoms with Crippen molar-refractivity contribution in [3.05, 3.63) is 28.8 Å². The molecule has 0 aliphatic heterocycles. The molecule has 0 aromatic heterocycles. The van der Waals surface area contributed by atoms with Crippen LogP contribution in [0.15, 0.2) is 23.2 Å². The Morgan fingerprint density at radius 3 is 2.50 bits per heavy atom. The Morgan fingerprint density at radius 1 is 1.29 bits per heavy atom. The highest BCUT2D eigenvalue weighted by Gasteiger charge is 2.04. The van der Waals surface area contributed by atoms with E-state index in [0.717, 1.165) is 17.7 Å². The Hall–Kier alpha value is -0.740. The zero-order valence-electron chi connectivity index (χ0n) is 14.1. The van der Waals surface area contributed by atoms with Crippen LogP contribution in [0.5, 0.6) is 5.75 Å². The quantitative estimate of drug-likeness (QED) is 0.253. The molecule has 0 aliphatic carbocycles. The summed E-state index contributed by atoms with van der Waals surface area (Å²) in [5.74, 6) is 1.54. The summed E-state index contributed by atoms with van der Waals surface area (Å²) in [5.41, 5.74) is 1.02. The summed E-state index contributed by atoms with van der Waals surface area (Å²) in [6.07, 6.45) is 2.52. The highest BCUT2D eigenvalue weighted by atomic mass is 127. The number of ether oxygens (including phenoxy) is 1. The van der Waals surface area contributed by atoms with Crippen molar-refractivity contribution in [2.75, 3.05) is 39.3 Å². The summed E-state index contributed by atoms with van der Waals surface area (Å²) in [4.78, 5) is 4.10.